The van der Waals surface area contributed by atoms with E-state index in [0.29, 0.717) is 12.5 Å². The van der Waals surface area contributed by atoms with Gasteiger partial charge in [0.25, 0.3) is 0 Å². The van der Waals surface area contributed by atoms with Gasteiger partial charge in [-0.25, -0.2) is 4.99 Å². The van der Waals surface area contributed by atoms with Crippen LogP contribution in [0.2, 0.25) is 0 Å². The van der Waals surface area contributed by atoms with Crippen molar-refractivity contribution in [2.75, 3.05) is 6.61 Å². The lowest BCUT2D eigenvalue weighted by Crippen LogP contribution is -2.18. The van der Waals surface area contributed by atoms with Crippen molar-refractivity contribution in [1.29, 1.82) is 0 Å². The van der Waals surface area contributed by atoms with Crippen molar-refractivity contribution in [3.8, 4) is 16.3 Å². The number of benzene rings is 1. The number of aromatic nitrogens is 1. The molecular formula is C19H22N2OS2. The van der Waals surface area contributed by atoms with Crippen LogP contribution < -0.4 is 9.54 Å². The maximum Gasteiger partial charge on any atom is 0.190 e. The lowest BCUT2D eigenvalue weighted by molar-refractivity contribution is 0.340. The molecule has 0 fully saturated rings. The topological polar surface area (TPSA) is 26.5 Å². The SMILES string of the molecule is CCOc1ccc(N=c2scc(-c3cccs3)n2CC(C)C)cc1. The molecule has 0 amide bonds. The van der Waals surface area contributed by atoms with Crippen LogP contribution in [0.1, 0.15) is 20.8 Å². The molecule has 0 bridgehead atoms. The number of hydrogen-bond acceptors (Lipinski definition) is 4. The summed E-state index contributed by atoms with van der Waals surface area (Å²) in [5.74, 6) is 1.45. The van der Waals surface area contributed by atoms with E-state index in [1.807, 2.05) is 31.2 Å². The van der Waals surface area contributed by atoms with Crippen LogP contribution in [0, 0.1) is 5.92 Å². The largest absolute Gasteiger partial charge is 0.494 e. The molecule has 0 saturated heterocycles. The highest BCUT2D eigenvalue weighted by Gasteiger charge is 2.10. The van der Waals surface area contributed by atoms with Gasteiger partial charge in [-0.1, -0.05) is 19.9 Å². The van der Waals surface area contributed by atoms with Gasteiger partial charge in [-0.15, -0.1) is 22.7 Å². The predicted octanol–water partition coefficient (Wildman–Crippen LogP) is 5.57. The summed E-state index contributed by atoms with van der Waals surface area (Å²) in [5, 5.41) is 4.33. The molecule has 0 radical (unpaired) electrons. The Morgan fingerprint density at radius 3 is 2.54 bits per heavy atom. The van der Waals surface area contributed by atoms with Gasteiger partial charge >= 0.3 is 0 Å². The highest BCUT2D eigenvalue weighted by molar-refractivity contribution is 7.14. The van der Waals surface area contributed by atoms with Crippen LogP contribution in [0.15, 0.2) is 52.2 Å². The monoisotopic (exact) mass is 358 g/mol. The fourth-order valence-corrected chi connectivity index (χ4v) is 4.23. The van der Waals surface area contributed by atoms with E-state index in [4.69, 9.17) is 9.73 Å². The van der Waals surface area contributed by atoms with E-state index in [0.717, 1.165) is 22.8 Å². The first-order chi connectivity index (χ1) is 11.7. The average Bonchev–Trinajstić information content (AvgIpc) is 3.20. The predicted molar refractivity (Wildman–Crippen MR) is 103 cm³/mol. The number of hydrogen-bond donors (Lipinski definition) is 0. The molecule has 0 atom stereocenters. The number of thiophene rings is 1. The minimum atomic E-state index is 0.567. The van der Waals surface area contributed by atoms with Gasteiger partial charge in [0.1, 0.15) is 5.75 Å². The van der Waals surface area contributed by atoms with Gasteiger partial charge < -0.3 is 9.30 Å². The average molecular weight is 359 g/mol. The Hall–Kier alpha value is -1.85. The summed E-state index contributed by atoms with van der Waals surface area (Å²) < 4.78 is 7.83. The van der Waals surface area contributed by atoms with Crippen molar-refractivity contribution >= 4 is 28.4 Å². The molecular weight excluding hydrogens is 336 g/mol. The Balaban J connectivity index is 2.00. The summed E-state index contributed by atoms with van der Waals surface area (Å²) in [6.07, 6.45) is 0. The van der Waals surface area contributed by atoms with Gasteiger partial charge in [0.05, 0.1) is 22.9 Å². The van der Waals surface area contributed by atoms with Crippen molar-refractivity contribution in [1.82, 2.24) is 4.57 Å². The van der Waals surface area contributed by atoms with E-state index in [-0.39, 0.29) is 0 Å². The molecule has 126 valence electrons. The standard InChI is InChI=1S/C19H22N2OS2/c1-4-22-16-9-7-15(8-10-16)20-19-21(12-14(2)3)17(13-24-19)18-6-5-11-23-18/h5-11,13-14H,4,12H2,1-3H3. The van der Waals surface area contributed by atoms with Crippen molar-refractivity contribution < 1.29 is 4.74 Å². The molecule has 0 unspecified atom stereocenters. The number of ether oxygens (including phenoxy) is 1. The first-order valence-corrected chi connectivity index (χ1v) is 9.93. The summed E-state index contributed by atoms with van der Waals surface area (Å²) in [6.45, 7) is 8.12. The zero-order valence-electron chi connectivity index (χ0n) is 14.2. The Bertz CT molecular complexity index is 827. The zero-order valence-corrected chi connectivity index (χ0v) is 15.9. The Labute approximate surface area is 150 Å². The molecule has 3 nitrogen and oxygen atoms in total. The lowest BCUT2D eigenvalue weighted by atomic mass is 10.2. The summed E-state index contributed by atoms with van der Waals surface area (Å²) in [7, 11) is 0. The molecule has 2 heterocycles. The molecule has 24 heavy (non-hydrogen) atoms. The minimum absolute atomic E-state index is 0.567. The maximum absolute atomic E-state index is 5.50. The second kappa shape index (κ2) is 7.81. The third kappa shape index (κ3) is 3.97. The van der Waals surface area contributed by atoms with Crippen LogP contribution >= 0.6 is 22.7 Å². The van der Waals surface area contributed by atoms with Crippen molar-refractivity contribution in [2.24, 2.45) is 10.9 Å². The van der Waals surface area contributed by atoms with Crippen LogP contribution in [-0.4, -0.2) is 11.2 Å². The number of rotatable bonds is 6. The molecule has 5 heteroatoms. The first kappa shape index (κ1) is 17.0. The van der Waals surface area contributed by atoms with Gasteiger partial charge in [-0.2, -0.15) is 0 Å². The highest BCUT2D eigenvalue weighted by Crippen LogP contribution is 2.26. The molecule has 0 saturated carbocycles. The van der Waals surface area contributed by atoms with Gasteiger partial charge in [0.2, 0.25) is 0 Å². The smallest absolute Gasteiger partial charge is 0.190 e. The Kier molecular flexibility index (Phi) is 5.53. The Morgan fingerprint density at radius 1 is 1.12 bits per heavy atom. The van der Waals surface area contributed by atoms with Crippen LogP contribution in [-0.2, 0) is 6.54 Å². The third-order valence-corrected chi connectivity index (χ3v) is 5.25. The fraction of sp³-hybridized carbons (Fsp3) is 0.316. The van der Waals surface area contributed by atoms with Gasteiger partial charge in [-0.3, -0.25) is 0 Å². The quantitative estimate of drug-likeness (QED) is 0.566. The van der Waals surface area contributed by atoms with E-state index < -0.39 is 0 Å². The minimum Gasteiger partial charge on any atom is -0.494 e. The summed E-state index contributed by atoms with van der Waals surface area (Å²) in [4.78, 5) is 7.19. The molecule has 0 aliphatic heterocycles. The van der Waals surface area contributed by atoms with E-state index in [2.05, 4.69) is 41.3 Å². The molecule has 2 aromatic heterocycles. The second-order valence-electron chi connectivity index (χ2n) is 5.92. The number of thiazole rings is 1. The van der Waals surface area contributed by atoms with Crippen molar-refractivity contribution in [2.45, 2.75) is 27.3 Å². The van der Waals surface area contributed by atoms with Crippen LogP contribution in [0.3, 0.4) is 0 Å². The number of nitrogens with zero attached hydrogens (tertiary/aromatic N) is 2. The van der Waals surface area contributed by atoms with E-state index in [1.165, 1.54) is 10.6 Å². The molecule has 0 aliphatic carbocycles. The van der Waals surface area contributed by atoms with Gasteiger partial charge in [0, 0.05) is 11.9 Å². The summed E-state index contributed by atoms with van der Waals surface area (Å²) in [5.41, 5.74) is 2.21. The molecule has 3 rings (SSSR count). The molecule has 0 spiro atoms. The van der Waals surface area contributed by atoms with Crippen LogP contribution in [0.5, 0.6) is 5.75 Å². The van der Waals surface area contributed by atoms with Gasteiger partial charge in [-0.05, 0) is 48.6 Å². The third-order valence-electron chi connectivity index (χ3n) is 3.49. The summed E-state index contributed by atoms with van der Waals surface area (Å²) in [6, 6.07) is 12.2. The molecule has 0 aliphatic rings. The highest BCUT2D eigenvalue weighted by atomic mass is 32.1. The normalized spacial score (nSPS) is 12.1. The van der Waals surface area contributed by atoms with Crippen molar-refractivity contribution in [3.63, 3.8) is 0 Å². The van der Waals surface area contributed by atoms with E-state index >= 15 is 0 Å². The second-order valence-corrected chi connectivity index (χ2v) is 7.71. The molecule has 1 aromatic carbocycles. The molecule has 3 aromatic rings. The zero-order chi connectivity index (χ0) is 16.9. The van der Waals surface area contributed by atoms with E-state index in [1.54, 1.807) is 22.7 Å². The molecule has 0 N–H and O–H groups in total. The van der Waals surface area contributed by atoms with E-state index in [9.17, 15) is 0 Å². The maximum atomic E-state index is 5.50. The van der Waals surface area contributed by atoms with Crippen LogP contribution in [0.25, 0.3) is 10.6 Å². The first-order valence-electron chi connectivity index (χ1n) is 8.17. The Morgan fingerprint density at radius 2 is 1.92 bits per heavy atom. The lowest BCUT2D eigenvalue weighted by Gasteiger charge is -2.10. The van der Waals surface area contributed by atoms with Gasteiger partial charge in [0.15, 0.2) is 4.80 Å². The summed E-state index contributed by atoms with van der Waals surface area (Å²) >= 11 is 3.47. The van der Waals surface area contributed by atoms with Crippen molar-refractivity contribution in [3.05, 3.63) is 52.0 Å². The van der Waals surface area contributed by atoms with Crippen LogP contribution in [0.4, 0.5) is 5.69 Å². The fourth-order valence-electron chi connectivity index (χ4n) is 2.48.